The molecule has 6 nitrogen and oxygen atoms in total. The van der Waals surface area contributed by atoms with Crippen molar-refractivity contribution < 1.29 is 28.6 Å². The van der Waals surface area contributed by atoms with E-state index in [1.807, 2.05) is 12.2 Å². The third-order valence-corrected chi connectivity index (χ3v) is 11.1. The standard InChI is InChI=1S/C61H98O6/c1-4-7-10-13-16-19-22-25-27-29-31-33-34-36-39-42-45-48-51-54-60(63)66-57-58(56-65-59(62)53-50-47-44-41-38-24-21-18-15-12-9-6-3)67-61(64)55-52-49-46-43-40-37-35-32-30-28-26-23-20-17-14-11-8-5-2/h7,10,16-17,19-20,23,25-28,30-33,35-36,39,45,48,58H,4-6,8-9,11-15,18,21-22,24,29,34,37-38,40-44,46-47,49-57H2,1-3H3/b10-7-,19-16-,20-17-,26-23-,27-25-,30-28-,33-31-,35-32-,39-36-,48-45-. The summed E-state index contributed by atoms with van der Waals surface area (Å²) in [6, 6.07) is 0. The summed E-state index contributed by atoms with van der Waals surface area (Å²) in [5.41, 5.74) is 0. The summed E-state index contributed by atoms with van der Waals surface area (Å²) < 4.78 is 16.7. The molecule has 0 aromatic heterocycles. The van der Waals surface area contributed by atoms with Crippen molar-refractivity contribution in [2.75, 3.05) is 13.2 Å². The predicted molar refractivity (Wildman–Crippen MR) is 288 cm³/mol. The average Bonchev–Trinajstić information content (AvgIpc) is 3.33. The highest BCUT2D eigenvalue weighted by Crippen LogP contribution is 2.14. The van der Waals surface area contributed by atoms with E-state index in [9.17, 15) is 14.4 Å². The molecule has 0 spiro atoms. The lowest BCUT2D eigenvalue weighted by Crippen LogP contribution is -2.30. The number of carbonyl (C=O) groups is 3. The SMILES string of the molecule is CC/C=C\C/C=C\C/C=C\C/C=C\C/C=C\C/C=C\CCC(=O)OCC(COC(=O)CCCCCCCCCCCCCC)OC(=O)CCCCCCC\C=C/C=C\C=C/C=C\CCCCC. The molecule has 0 radical (unpaired) electrons. The van der Waals surface area contributed by atoms with Crippen molar-refractivity contribution in [2.45, 2.75) is 232 Å². The van der Waals surface area contributed by atoms with Crippen LogP contribution in [0.25, 0.3) is 0 Å². The van der Waals surface area contributed by atoms with Crippen LogP contribution in [-0.2, 0) is 28.6 Å². The molecule has 0 aromatic rings. The van der Waals surface area contributed by atoms with E-state index in [-0.39, 0.29) is 44.0 Å². The first-order chi connectivity index (χ1) is 33.0. The van der Waals surface area contributed by atoms with E-state index < -0.39 is 6.10 Å². The predicted octanol–water partition coefficient (Wildman–Crippen LogP) is 18.1. The van der Waals surface area contributed by atoms with Crippen LogP contribution in [0.3, 0.4) is 0 Å². The number of allylic oxidation sites excluding steroid dienone is 20. The molecule has 0 fully saturated rings. The van der Waals surface area contributed by atoms with Gasteiger partial charge in [0, 0.05) is 19.3 Å². The molecule has 0 amide bonds. The molecule has 0 saturated heterocycles. The summed E-state index contributed by atoms with van der Waals surface area (Å²) in [5, 5.41) is 0. The number of unbranched alkanes of at least 4 members (excludes halogenated alkanes) is 19. The number of ether oxygens (including phenoxy) is 3. The van der Waals surface area contributed by atoms with E-state index in [4.69, 9.17) is 14.2 Å². The van der Waals surface area contributed by atoms with Gasteiger partial charge in [-0.2, -0.15) is 0 Å². The minimum atomic E-state index is -0.823. The van der Waals surface area contributed by atoms with Crippen molar-refractivity contribution in [3.8, 4) is 0 Å². The van der Waals surface area contributed by atoms with Gasteiger partial charge in [0.05, 0.1) is 0 Å². The van der Waals surface area contributed by atoms with E-state index in [1.165, 1.54) is 77.0 Å². The van der Waals surface area contributed by atoms with E-state index in [2.05, 4.69) is 130 Å². The minimum Gasteiger partial charge on any atom is -0.462 e. The molecule has 378 valence electrons. The zero-order valence-electron chi connectivity index (χ0n) is 43.1. The van der Waals surface area contributed by atoms with Crippen LogP contribution >= 0.6 is 0 Å². The van der Waals surface area contributed by atoms with Gasteiger partial charge in [-0.3, -0.25) is 14.4 Å². The Morgan fingerprint density at radius 1 is 0.328 bits per heavy atom. The highest BCUT2D eigenvalue weighted by Gasteiger charge is 2.19. The number of hydrogen-bond donors (Lipinski definition) is 0. The van der Waals surface area contributed by atoms with Gasteiger partial charge in [-0.25, -0.2) is 0 Å². The summed E-state index contributed by atoms with van der Waals surface area (Å²) in [4.78, 5) is 38.0. The van der Waals surface area contributed by atoms with Crippen LogP contribution in [0.2, 0.25) is 0 Å². The molecule has 6 heteroatoms. The molecule has 0 bridgehead atoms. The van der Waals surface area contributed by atoms with Gasteiger partial charge in [-0.05, 0) is 83.5 Å². The van der Waals surface area contributed by atoms with E-state index >= 15 is 0 Å². The Bertz CT molecular complexity index is 1440. The van der Waals surface area contributed by atoms with Gasteiger partial charge in [-0.15, -0.1) is 0 Å². The zero-order chi connectivity index (χ0) is 48.6. The molecule has 0 heterocycles. The number of rotatable bonds is 47. The normalized spacial score (nSPS) is 13.1. The second-order valence-electron chi connectivity index (χ2n) is 17.5. The lowest BCUT2D eigenvalue weighted by atomic mass is 10.0. The van der Waals surface area contributed by atoms with Crippen LogP contribution in [0.1, 0.15) is 226 Å². The Balaban J connectivity index is 4.56. The topological polar surface area (TPSA) is 78.9 Å². The fourth-order valence-corrected chi connectivity index (χ4v) is 7.01. The Kier molecular flexibility index (Phi) is 51.0. The first-order valence-corrected chi connectivity index (χ1v) is 27.1. The van der Waals surface area contributed by atoms with E-state index in [0.29, 0.717) is 12.8 Å². The van der Waals surface area contributed by atoms with Crippen LogP contribution in [0.4, 0.5) is 0 Å². The number of carbonyl (C=O) groups excluding carboxylic acids is 3. The van der Waals surface area contributed by atoms with Crippen LogP contribution in [0.15, 0.2) is 122 Å². The molecule has 0 aliphatic heterocycles. The molecule has 0 N–H and O–H groups in total. The van der Waals surface area contributed by atoms with Crippen molar-refractivity contribution in [3.63, 3.8) is 0 Å². The van der Waals surface area contributed by atoms with Crippen LogP contribution in [0, 0.1) is 0 Å². The van der Waals surface area contributed by atoms with Gasteiger partial charge < -0.3 is 14.2 Å². The maximum Gasteiger partial charge on any atom is 0.306 e. The molecular formula is C61H98O6. The highest BCUT2D eigenvalue weighted by molar-refractivity contribution is 5.71. The van der Waals surface area contributed by atoms with Gasteiger partial charge >= 0.3 is 17.9 Å². The van der Waals surface area contributed by atoms with Crippen molar-refractivity contribution in [2.24, 2.45) is 0 Å². The van der Waals surface area contributed by atoms with Gasteiger partial charge in [-0.1, -0.05) is 245 Å². The van der Waals surface area contributed by atoms with Crippen molar-refractivity contribution >= 4 is 17.9 Å². The Hall–Kier alpha value is -4.19. The lowest BCUT2D eigenvalue weighted by Gasteiger charge is -2.18. The van der Waals surface area contributed by atoms with E-state index in [1.54, 1.807) is 0 Å². The smallest absolute Gasteiger partial charge is 0.306 e. The van der Waals surface area contributed by atoms with Crippen molar-refractivity contribution in [1.29, 1.82) is 0 Å². The maximum absolute atomic E-state index is 12.8. The molecule has 1 unspecified atom stereocenters. The van der Waals surface area contributed by atoms with Crippen LogP contribution < -0.4 is 0 Å². The van der Waals surface area contributed by atoms with Gasteiger partial charge in [0.15, 0.2) is 6.10 Å². The fraction of sp³-hybridized carbons (Fsp3) is 0.623. The summed E-state index contributed by atoms with van der Waals surface area (Å²) in [5.74, 6) is -1.03. The molecule has 0 aliphatic carbocycles. The summed E-state index contributed by atoms with van der Waals surface area (Å²) in [7, 11) is 0. The number of esters is 3. The largest absolute Gasteiger partial charge is 0.462 e. The monoisotopic (exact) mass is 927 g/mol. The van der Waals surface area contributed by atoms with Gasteiger partial charge in [0.25, 0.3) is 0 Å². The van der Waals surface area contributed by atoms with Crippen molar-refractivity contribution in [1.82, 2.24) is 0 Å². The Morgan fingerprint density at radius 2 is 0.672 bits per heavy atom. The quantitative estimate of drug-likeness (QED) is 0.0199. The Morgan fingerprint density at radius 3 is 1.13 bits per heavy atom. The van der Waals surface area contributed by atoms with Gasteiger partial charge in [0.1, 0.15) is 13.2 Å². The molecule has 0 aliphatic rings. The maximum atomic E-state index is 12.8. The molecule has 67 heavy (non-hydrogen) atoms. The summed E-state index contributed by atoms with van der Waals surface area (Å²) in [6.07, 6.45) is 74.7. The number of hydrogen-bond acceptors (Lipinski definition) is 6. The second kappa shape index (κ2) is 54.4. The van der Waals surface area contributed by atoms with Crippen LogP contribution in [0.5, 0.6) is 0 Å². The highest BCUT2D eigenvalue weighted by atomic mass is 16.6. The average molecular weight is 927 g/mol. The second-order valence-corrected chi connectivity index (χ2v) is 17.5. The fourth-order valence-electron chi connectivity index (χ4n) is 7.01. The lowest BCUT2D eigenvalue weighted by molar-refractivity contribution is -0.166. The molecule has 0 aromatic carbocycles. The Labute approximate surface area is 412 Å². The molecule has 0 rings (SSSR count). The summed E-state index contributed by atoms with van der Waals surface area (Å²) >= 11 is 0. The third kappa shape index (κ3) is 52.6. The molecular weight excluding hydrogens is 829 g/mol. The van der Waals surface area contributed by atoms with Gasteiger partial charge in [0.2, 0.25) is 0 Å². The molecule has 1 atom stereocenters. The first kappa shape index (κ1) is 62.8. The zero-order valence-corrected chi connectivity index (χ0v) is 43.1. The van der Waals surface area contributed by atoms with Crippen LogP contribution in [-0.4, -0.2) is 37.2 Å². The minimum absolute atomic E-state index is 0.113. The van der Waals surface area contributed by atoms with Crippen molar-refractivity contribution in [3.05, 3.63) is 122 Å². The molecule has 0 saturated carbocycles. The van der Waals surface area contributed by atoms with E-state index in [0.717, 1.165) is 103 Å². The summed E-state index contributed by atoms with van der Waals surface area (Å²) in [6.45, 7) is 6.39. The third-order valence-electron chi connectivity index (χ3n) is 11.1. The first-order valence-electron chi connectivity index (χ1n) is 27.1.